The Balaban J connectivity index is 2.44. The van der Waals surface area contributed by atoms with Crippen molar-refractivity contribution in [2.45, 2.75) is 19.4 Å². The largest absolute Gasteiger partial charge is 0.461 e. The Kier molecular flexibility index (Phi) is 1.71. The van der Waals surface area contributed by atoms with Crippen LogP contribution in [-0.2, 0) is 9.53 Å². The third kappa shape index (κ3) is 1.21. The monoisotopic (exact) mass is 129 g/mol. The zero-order valence-electron chi connectivity index (χ0n) is 5.46. The number of ether oxygens (including phenoxy) is 1. The molecular formula is C6H11NO2. The van der Waals surface area contributed by atoms with Gasteiger partial charge in [0, 0.05) is 6.54 Å². The summed E-state index contributed by atoms with van der Waals surface area (Å²) >= 11 is 0. The van der Waals surface area contributed by atoms with Crippen LogP contribution >= 0.6 is 0 Å². The fraction of sp³-hybridized carbons (Fsp3) is 0.833. The van der Waals surface area contributed by atoms with E-state index in [9.17, 15) is 4.79 Å². The second-order valence-corrected chi connectivity index (χ2v) is 2.43. The van der Waals surface area contributed by atoms with E-state index < -0.39 is 0 Å². The molecule has 3 nitrogen and oxygen atoms in total. The highest BCUT2D eigenvalue weighted by Gasteiger charge is 2.29. The number of cyclic esters (lactones) is 1. The van der Waals surface area contributed by atoms with Crippen LogP contribution in [0.2, 0.25) is 0 Å². The minimum Gasteiger partial charge on any atom is -0.461 e. The minimum absolute atomic E-state index is 0.0208. The molecule has 1 rings (SSSR count). The molecule has 0 amide bonds. The van der Waals surface area contributed by atoms with Gasteiger partial charge in [0.25, 0.3) is 0 Å². The van der Waals surface area contributed by atoms with E-state index in [-0.39, 0.29) is 18.0 Å². The highest BCUT2D eigenvalue weighted by molar-refractivity contribution is 5.74. The lowest BCUT2D eigenvalue weighted by atomic mass is 10.1. The molecule has 9 heavy (non-hydrogen) atoms. The zero-order chi connectivity index (χ0) is 6.85. The molecule has 0 aromatic rings. The van der Waals surface area contributed by atoms with E-state index in [2.05, 4.69) is 0 Å². The maximum atomic E-state index is 10.7. The maximum Gasteiger partial charge on any atom is 0.309 e. The van der Waals surface area contributed by atoms with E-state index in [0.717, 1.165) is 6.42 Å². The molecule has 0 aromatic carbocycles. The Labute approximate surface area is 54.2 Å². The average molecular weight is 129 g/mol. The molecule has 1 aliphatic heterocycles. The first kappa shape index (κ1) is 6.55. The summed E-state index contributed by atoms with van der Waals surface area (Å²) in [7, 11) is 0. The average Bonchev–Trinajstić information content (AvgIpc) is 2.13. The van der Waals surface area contributed by atoms with Gasteiger partial charge in [-0.25, -0.2) is 0 Å². The van der Waals surface area contributed by atoms with Crippen LogP contribution in [0.4, 0.5) is 0 Å². The van der Waals surface area contributed by atoms with Crippen LogP contribution in [0, 0.1) is 5.92 Å². The van der Waals surface area contributed by atoms with E-state index in [1.165, 1.54) is 0 Å². The molecule has 2 atom stereocenters. The van der Waals surface area contributed by atoms with Crippen LogP contribution in [-0.4, -0.2) is 18.6 Å². The van der Waals surface area contributed by atoms with Gasteiger partial charge in [-0.05, 0) is 6.42 Å². The number of carbonyl (C=O) groups is 1. The number of esters is 1. The van der Waals surface area contributed by atoms with Crippen molar-refractivity contribution >= 4 is 5.97 Å². The van der Waals surface area contributed by atoms with Crippen molar-refractivity contribution in [3.8, 4) is 0 Å². The number of rotatable bonds is 1. The smallest absolute Gasteiger partial charge is 0.309 e. The molecule has 0 spiro atoms. The SMILES string of the molecule is C[C@H]1C[C@@H](CN)OC1=O. The molecule has 0 radical (unpaired) electrons. The van der Waals surface area contributed by atoms with Crippen molar-refractivity contribution < 1.29 is 9.53 Å². The minimum atomic E-state index is -0.106. The van der Waals surface area contributed by atoms with Gasteiger partial charge in [0.2, 0.25) is 0 Å². The first-order valence-corrected chi connectivity index (χ1v) is 3.14. The predicted octanol–water partition coefficient (Wildman–Crippen LogP) is -0.103. The van der Waals surface area contributed by atoms with Gasteiger partial charge in [-0.1, -0.05) is 6.92 Å². The molecule has 2 N–H and O–H groups in total. The Hall–Kier alpha value is -0.570. The summed E-state index contributed by atoms with van der Waals surface area (Å²) in [6, 6.07) is 0. The topological polar surface area (TPSA) is 52.3 Å². The molecule has 0 unspecified atom stereocenters. The van der Waals surface area contributed by atoms with Gasteiger partial charge in [-0.3, -0.25) is 4.79 Å². The molecule has 1 fully saturated rings. The lowest BCUT2D eigenvalue weighted by Crippen LogP contribution is -2.18. The van der Waals surface area contributed by atoms with Gasteiger partial charge in [0.1, 0.15) is 6.10 Å². The van der Waals surface area contributed by atoms with Gasteiger partial charge >= 0.3 is 5.97 Å². The maximum absolute atomic E-state index is 10.7. The number of hydrogen-bond acceptors (Lipinski definition) is 3. The fourth-order valence-electron chi connectivity index (χ4n) is 0.963. The molecule has 0 saturated carbocycles. The number of nitrogens with two attached hydrogens (primary N) is 1. The lowest BCUT2D eigenvalue weighted by Gasteiger charge is -2.01. The highest BCUT2D eigenvalue weighted by Crippen LogP contribution is 2.18. The third-order valence-corrected chi connectivity index (χ3v) is 1.56. The van der Waals surface area contributed by atoms with Crippen LogP contribution in [0.1, 0.15) is 13.3 Å². The predicted molar refractivity (Wildman–Crippen MR) is 32.7 cm³/mol. The summed E-state index contributed by atoms with van der Waals surface area (Å²) in [6.07, 6.45) is 0.766. The van der Waals surface area contributed by atoms with Crippen molar-refractivity contribution in [1.29, 1.82) is 0 Å². The van der Waals surface area contributed by atoms with Gasteiger partial charge in [-0.15, -0.1) is 0 Å². The molecule has 1 aliphatic rings. The van der Waals surface area contributed by atoms with Crippen molar-refractivity contribution in [3.63, 3.8) is 0 Å². The van der Waals surface area contributed by atoms with E-state index in [0.29, 0.717) is 6.54 Å². The molecule has 1 saturated heterocycles. The third-order valence-electron chi connectivity index (χ3n) is 1.56. The van der Waals surface area contributed by atoms with Crippen molar-refractivity contribution in [2.24, 2.45) is 11.7 Å². The van der Waals surface area contributed by atoms with Gasteiger partial charge in [0.05, 0.1) is 5.92 Å². The molecule has 0 bridgehead atoms. The van der Waals surface area contributed by atoms with Crippen LogP contribution in [0.5, 0.6) is 0 Å². The van der Waals surface area contributed by atoms with E-state index in [1.54, 1.807) is 0 Å². The Morgan fingerprint density at radius 3 is 2.78 bits per heavy atom. The number of hydrogen-bond donors (Lipinski definition) is 1. The normalized spacial score (nSPS) is 34.7. The summed E-state index contributed by atoms with van der Waals surface area (Å²) in [5.74, 6) is -0.0519. The van der Waals surface area contributed by atoms with Crippen molar-refractivity contribution in [3.05, 3.63) is 0 Å². The zero-order valence-corrected chi connectivity index (χ0v) is 5.46. The summed E-state index contributed by atoms with van der Waals surface area (Å²) in [6.45, 7) is 2.31. The summed E-state index contributed by atoms with van der Waals surface area (Å²) in [5, 5.41) is 0. The van der Waals surface area contributed by atoms with Crippen molar-refractivity contribution in [2.75, 3.05) is 6.54 Å². The molecular weight excluding hydrogens is 118 g/mol. The van der Waals surface area contributed by atoms with Gasteiger partial charge in [0.15, 0.2) is 0 Å². The molecule has 0 aromatic heterocycles. The summed E-state index contributed by atoms with van der Waals surface area (Å²) in [4.78, 5) is 10.7. The van der Waals surface area contributed by atoms with Crippen LogP contribution in [0.15, 0.2) is 0 Å². The number of carbonyl (C=O) groups excluding carboxylic acids is 1. The van der Waals surface area contributed by atoms with Crippen LogP contribution in [0.3, 0.4) is 0 Å². The Morgan fingerprint density at radius 1 is 1.89 bits per heavy atom. The van der Waals surface area contributed by atoms with E-state index >= 15 is 0 Å². The highest BCUT2D eigenvalue weighted by atomic mass is 16.6. The van der Waals surface area contributed by atoms with Crippen LogP contribution in [0.25, 0.3) is 0 Å². The first-order chi connectivity index (χ1) is 4.24. The van der Waals surface area contributed by atoms with E-state index in [1.807, 2.05) is 6.92 Å². The fourth-order valence-corrected chi connectivity index (χ4v) is 0.963. The van der Waals surface area contributed by atoms with E-state index in [4.69, 9.17) is 10.5 Å². The van der Waals surface area contributed by atoms with Gasteiger partial charge < -0.3 is 10.5 Å². The second kappa shape index (κ2) is 2.35. The second-order valence-electron chi connectivity index (χ2n) is 2.43. The van der Waals surface area contributed by atoms with Crippen molar-refractivity contribution in [1.82, 2.24) is 0 Å². The lowest BCUT2D eigenvalue weighted by molar-refractivity contribution is -0.143. The Bertz CT molecular complexity index is 124. The summed E-state index contributed by atoms with van der Waals surface area (Å²) in [5.41, 5.74) is 5.28. The van der Waals surface area contributed by atoms with Gasteiger partial charge in [-0.2, -0.15) is 0 Å². The standard InChI is InChI=1S/C6H11NO2/c1-4-2-5(3-7)9-6(4)8/h4-5H,2-3,7H2,1H3/t4-,5-/m0/s1. The first-order valence-electron chi connectivity index (χ1n) is 3.14. The molecule has 0 aliphatic carbocycles. The summed E-state index contributed by atoms with van der Waals surface area (Å²) < 4.78 is 4.86. The molecule has 52 valence electrons. The van der Waals surface area contributed by atoms with Crippen LogP contribution < -0.4 is 5.73 Å². The quantitative estimate of drug-likeness (QED) is 0.503. The Morgan fingerprint density at radius 2 is 2.56 bits per heavy atom. The molecule has 1 heterocycles. The molecule has 3 heteroatoms.